The van der Waals surface area contributed by atoms with Crippen LogP contribution < -0.4 is 4.74 Å². The second-order valence-corrected chi connectivity index (χ2v) is 6.78. The predicted octanol–water partition coefficient (Wildman–Crippen LogP) is 6.31. The predicted molar refractivity (Wildman–Crippen MR) is 105 cm³/mol. The maximum absolute atomic E-state index is 9.31. The van der Waals surface area contributed by atoms with E-state index in [2.05, 4.69) is 31.2 Å². The number of ether oxygens (including phenoxy) is 1. The normalized spacial score (nSPS) is 10.8. The fourth-order valence-electron chi connectivity index (χ4n) is 2.95. The van der Waals surface area contributed by atoms with Crippen molar-refractivity contribution >= 4 is 0 Å². The number of phenolic OH excluding ortho intramolecular Hbond substituents is 1. The molecule has 0 amide bonds. The molecule has 136 valence electrons. The van der Waals surface area contributed by atoms with Gasteiger partial charge in [-0.15, -0.1) is 0 Å². The number of phenols is 1. The number of hydrogen-bond acceptors (Lipinski definition) is 2. The molecule has 0 spiro atoms. The highest BCUT2D eigenvalue weighted by Crippen LogP contribution is 2.16. The molecule has 2 rings (SSSR count). The first-order chi connectivity index (χ1) is 12.3. The van der Waals surface area contributed by atoms with Crippen molar-refractivity contribution in [2.24, 2.45) is 0 Å². The Balaban J connectivity index is 1.60. The van der Waals surface area contributed by atoms with Crippen molar-refractivity contribution in [1.29, 1.82) is 0 Å². The molecule has 0 saturated carbocycles. The van der Waals surface area contributed by atoms with Gasteiger partial charge >= 0.3 is 0 Å². The number of aryl methyl sites for hydroxylation is 2. The highest BCUT2D eigenvalue weighted by atomic mass is 16.5. The van der Waals surface area contributed by atoms with E-state index in [9.17, 15) is 5.11 Å². The van der Waals surface area contributed by atoms with Crippen molar-refractivity contribution in [1.82, 2.24) is 0 Å². The molecule has 0 atom stereocenters. The smallest absolute Gasteiger partial charge is 0.119 e. The lowest BCUT2D eigenvalue weighted by molar-refractivity contribution is 0.304. The molecule has 0 unspecified atom stereocenters. The average Bonchev–Trinajstić information content (AvgIpc) is 2.64. The second kappa shape index (κ2) is 11.6. The van der Waals surface area contributed by atoms with Crippen LogP contribution in [-0.2, 0) is 12.8 Å². The number of benzene rings is 2. The Morgan fingerprint density at radius 1 is 0.680 bits per heavy atom. The van der Waals surface area contributed by atoms with Crippen molar-refractivity contribution in [3.05, 3.63) is 59.7 Å². The maximum Gasteiger partial charge on any atom is 0.119 e. The van der Waals surface area contributed by atoms with Crippen molar-refractivity contribution in [2.75, 3.05) is 6.61 Å². The summed E-state index contributed by atoms with van der Waals surface area (Å²) in [5.41, 5.74) is 2.56. The molecule has 1 N–H and O–H groups in total. The molecule has 2 heteroatoms. The third-order valence-electron chi connectivity index (χ3n) is 4.58. The van der Waals surface area contributed by atoms with E-state index in [1.807, 2.05) is 12.1 Å². The summed E-state index contributed by atoms with van der Waals surface area (Å²) in [5.74, 6) is 1.30. The summed E-state index contributed by atoms with van der Waals surface area (Å²) in [7, 11) is 0. The van der Waals surface area contributed by atoms with Crippen LogP contribution in [0, 0.1) is 0 Å². The Kier molecular flexibility index (Phi) is 8.96. The molecule has 2 aromatic carbocycles. The minimum Gasteiger partial charge on any atom is -0.508 e. The molecule has 0 radical (unpaired) electrons. The Morgan fingerprint density at radius 3 is 1.80 bits per heavy atom. The van der Waals surface area contributed by atoms with Gasteiger partial charge < -0.3 is 9.84 Å². The summed E-state index contributed by atoms with van der Waals surface area (Å²) in [6, 6.07) is 15.9. The van der Waals surface area contributed by atoms with E-state index in [0.29, 0.717) is 5.75 Å². The largest absolute Gasteiger partial charge is 0.508 e. The number of hydrogen-bond donors (Lipinski definition) is 1. The molecular weight excluding hydrogens is 308 g/mol. The summed E-state index contributed by atoms with van der Waals surface area (Å²) in [6.07, 6.45) is 11.2. The van der Waals surface area contributed by atoms with Crippen molar-refractivity contribution in [2.45, 2.75) is 64.7 Å². The molecular formula is C23H32O2. The maximum atomic E-state index is 9.31. The van der Waals surface area contributed by atoms with Gasteiger partial charge in [0.05, 0.1) is 6.61 Å². The number of aromatic hydroxyl groups is 1. The monoisotopic (exact) mass is 340 g/mol. The van der Waals surface area contributed by atoms with Crippen LogP contribution in [0.3, 0.4) is 0 Å². The van der Waals surface area contributed by atoms with Crippen LogP contribution in [0.2, 0.25) is 0 Å². The lowest BCUT2D eigenvalue weighted by atomic mass is 10.0. The van der Waals surface area contributed by atoms with Crippen LogP contribution in [0.15, 0.2) is 48.5 Å². The first-order valence-electron chi connectivity index (χ1n) is 9.77. The fourth-order valence-corrected chi connectivity index (χ4v) is 2.95. The summed E-state index contributed by atoms with van der Waals surface area (Å²) < 4.78 is 5.84. The minimum atomic E-state index is 0.325. The van der Waals surface area contributed by atoms with E-state index >= 15 is 0 Å². The quantitative estimate of drug-likeness (QED) is 0.459. The van der Waals surface area contributed by atoms with Crippen molar-refractivity contribution < 1.29 is 9.84 Å². The van der Waals surface area contributed by atoms with Gasteiger partial charge in [-0.2, -0.15) is 0 Å². The molecule has 0 saturated heterocycles. The van der Waals surface area contributed by atoms with Gasteiger partial charge in [0.2, 0.25) is 0 Å². The molecule has 2 nitrogen and oxygen atoms in total. The average molecular weight is 341 g/mol. The van der Waals surface area contributed by atoms with Gasteiger partial charge in [-0.3, -0.25) is 0 Å². The van der Waals surface area contributed by atoms with E-state index in [0.717, 1.165) is 31.6 Å². The molecule has 0 aromatic heterocycles. The van der Waals surface area contributed by atoms with Gasteiger partial charge in [-0.05, 0) is 54.7 Å². The zero-order valence-electron chi connectivity index (χ0n) is 15.5. The second-order valence-electron chi connectivity index (χ2n) is 6.78. The zero-order chi connectivity index (χ0) is 17.7. The van der Waals surface area contributed by atoms with E-state index < -0.39 is 0 Å². The first kappa shape index (κ1) is 19.4. The van der Waals surface area contributed by atoms with E-state index in [4.69, 9.17) is 4.74 Å². The topological polar surface area (TPSA) is 29.5 Å². The van der Waals surface area contributed by atoms with E-state index in [-0.39, 0.29) is 0 Å². The summed E-state index contributed by atoms with van der Waals surface area (Å²) in [6.45, 7) is 3.08. The van der Waals surface area contributed by atoms with Crippen molar-refractivity contribution in [3.63, 3.8) is 0 Å². The zero-order valence-corrected chi connectivity index (χ0v) is 15.5. The van der Waals surface area contributed by atoms with Crippen LogP contribution in [-0.4, -0.2) is 11.7 Å². The van der Waals surface area contributed by atoms with Gasteiger partial charge in [0.1, 0.15) is 11.5 Å². The lowest BCUT2D eigenvalue weighted by Crippen LogP contribution is -1.98. The molecule has 25 heavy (non-hydrogen) atoms. The van der Waals surface area contributed by atoms with Gasteiger partial charge in [0.15, 0.2) is 0 Å². The highest BCUT2D eigenvalue weighted by Gasteiger charge is 1.99. The minimum absolute atomic E-state index is 0.325. The standard InChI is InChI=1S/C23H32O2/c1-2-3-4-5-6-7-8-19-25-23-17-13-21(14-18-23)10-9-20-11-15-22(24)16-12-20/h11-18,24H,2-10,19H2,1H3. The third kappa shape index (κ3) is 8.11. The fraction of sp³-hybridized carbons (Fsp3) is 0.478. The number of unbranched alkanes of at least 4 members (excludes halogenated alkanes) is 6. The van der Waals surface area contributed by atoms with Crippen molar-refractivity contribution in [3.8, 4) is 11.5 Å². The van der Waals surface area contributed by atoms with Crippen LogP contribution in [0.5, 0.6) is 11.5 Å². The molecule has 0 aliphatic rings. The van der Waals surface area contributed by atoms with Gasteiger partial charge in [0, 0.05) is 0 Å². The van der Waals surface area contributed by atoms with Crippen LogP contribution >= 0.6 is 0 Å². The molecule has 0 fully saturated rings. The molecule has 2 aromatic rings. The van der Waals surface area contributed by atoms with Crippen LogP contribution in [0.1, 0.15) is 63.0 Å². The molecule has 0 bridgehead atoms. The van der Waals surface area contributed by atoms with Gasteiger partial charge in [0.25, 0.3) is 0 Å². The summed E-state index contributed by atoms with van der Waals surface area (Å²) in [5, 5.41) is 9.31. The van der Waals surface area contributed by atoms with E-state index in [1.54, 1.807) is 12.1 Å². The lowest BCUT2D eigenvalue weighted by Gasteiger charge is -2.08. The Hall–Kier alpha value is -1.96. The Morgan fingerprint density at radius 2 is 1.20 bits per heavy atom. The van der Waals surface area contributed by atoms with E-state index in [1.165, 1.54) is 49.7 Å². The highest BCUT2D eigenvalue weighted by molar-refractivity contribution is 5.29. The summed E-state index contributed by atoms with van der Waals surface area (Å²) >= 11 is 0. The third-order valence-corrected chi connectivity index (χ3v) is 4.58. The number of rotatable bonds is 12. The van der Waals surface area contributed by atoms with Crippen LogP contribution in [0.4, 0.5) is 0 Å². The Labute approximate surface area is 152 Å². The van der Waals surface area contributed by atoms with Gasteiger partial charge in [-0.1, -0.05) is 69.7 Å². The first-order valence-corrected chi connectivity index (χ1v) is 9.77. The molecule has 0 aliphatic carbocycles. The Bertz CT molecular complexity index is 572. The van der Waals surface area contributed by atoms with Gasteiger partial charge in [-0.25, -0.2) is 0 Å². The van der Waals surface area contributed by atoms with Crippen LogP contribution in [0.25, 0.3) is 0 Å². The SMILES string of the molecule is CCCCCCCCCOc1ccc(CCc2ccc(O)cc2)cc1. The molecule has 0 aliphatic heterocycles. The molecule has 0 heterocycles. The summed E-state index contributed by atoms with van der Waals surface area (Å²) in [4.78, 5) is 0.